The monoisotopic (exact) mass is 313 g/mol. The molecule has 1 unspecified atom stereocenters. The van der Waals surface area contributed by atoms with Crippen LogP contribution in [0, 0.1) is 0 Å². The van der Waals surface area contributed by atoms with Gasteiger partial charge in [0.2, 0.25) is 5.91 Å². The molecule has 100 valence electrons. The average molecular weight is 314 g/mol. The number of hydrogen-bond donors (Lipinski definition) is 1. The largest absolute Gasteiger partial charge is 0.497 e. The fourth-order valence-electron chi connectivity index (χ4n) is 1.51. The Balaban J connectivity index is 2.29. The molecule has 1 aromatic rings. The number of alkyl halides is 1. The van der Waals surface area contributed by atoms with Gasteiger partial charge in [-0.2, -0.15) is 0 Å². The summed E-state index contributed by atoms with van der Waals surface area (Å²) in [6.07, 6.45) is 2.30. The molecule has 1 N–H and O–H groups in total. The summed E-state index contributed by atoms with van der Waals surface area (Å²) in [5.41, 5.74) is 1.15. The van der Waals surface area contributed by atoms with Crippen LogP contribution in [0.25, 0.3) is 0 Å². The Labute approximate surface area is 117 Å². The molecule has 1 amide bonds. The maximum absolute atomic E-state index is 11.6. The Morgan fingerprint density at radius 2 is 2.06 bits per heavy atom. The van der Waals surface area contributed by atoms with E-state index in [-0.39, 0.29) is 5.91 Å². The highest BCUT2D eigenvalue weighted by Gasteiger charge is 2.05. The van der Waals surface area contributed by atoms with E-state index < -0.39 is 0 Å². The summed E-state index contributed by atoms with van der Waals surface area (Å²) in [7, 11) is 1.65. The predicted molar refractivity (Wildman–Crippen MR) is 77.3 cm³/mol. The van der Waals surface area contributed by atoms with E-state index in [1.165, 1.54) is 0 Å². The normalized spacial score (nSPS) is 11.9. The topological polar surface area (TPSA) is 38.3 Å². The van der Waals surface area contributed by atoms with Gasteiger partial charge in [0.1, 0.15) is 5.75 Å². The van der Waals surface area contributed by atoms with E-state index in [0.717, 1.165) is 24.2 Å². The first kappa shape index (κ1) is 15.0. The molecule has 0 bridgehead atoms. The molecule has 18 heavy (non-hydrogen) atoms. The molecule has 0 aliphatic carbocycles. The Morgan fingerprint density at radius 1 is 1.39 bits per heavy atom. The van der Waals surface area contributed by atoms with Crippen LogP contribution >= 0.6 is 15.9 Å². The number of aryl methyl sites for hydroxylation is 1. The van der Waals surface area contributed by atoms with Gasteiger partial charge in [0.05, 0.1) is 7.11 Å². The smallest absolute Gasteiger partial charge is 0.220 e. The number of halogens is 1. The number of ether oxygens (including phenoxy) is 1. The molecule has 4 heteroatoms. The van der Waals surface area contributed by atoms with E-state index in [4.69, 9.17) is 4.74 Å². The molecular formula is C14H20BrNO2. The molecule has 1 atom stereocenters. The number of amides is 1. The van der Waals surface area contributed by atoms with Crippen molar-refractivity contribution in [3.05, 3.63) is 29.8 Å². The third-order valence-electron chi connectivity index (χ3n) is 2.76. The summed E-state index contributed by atoms with van der Waals surface area (Å²) in [5, 5.41) is 2.92. The Bertz CT molecular complexity index is 365. The number of carbonyl (C=O) groups is 1. The quantitative estimate of drug-likeness (QED) is 0.786. The number of rotatable bonds is 7. The van der Waals surface area contributed by atoms with Gasteiger partial charge in [0, 0.05) is 17.8 Å². The summed E-state index contributed by atoms with van der Waals surface area (Å²) in [5.74, 6) is 0.942. The summed E-state index contributed by atoms with van der Waals surface area (Å²) in [6, 6.07) is 7.81. The lowest BCUT2D eigenvalue weighted by Crippen LogP contribution is -2.29. The summed E-state index contributed by atoms with van der Waals surface area (Å²) in [4.78, 5) is 12.0. The van der Waals surface area contributed by atoms with Crippen molar-refractivity contribution < 1.29 is 9.53 Å². The van der Waals surface area contributed by atoms with E-state index in [2.05, 4.69) is 28.2 Å². The molecule has 0 heterocycles. The van der Waals surface area contributed by atoms with Crippen LogP contribution in [-0.2, 0) is 11.2 Å². The van der Waals surface area contributed by atoms with Gasteiger partial charge in [-0.1, -0.05) is 35.0 Å². The lowest BCUT2D eigenvalue weighted by atomic mass is 10.1. The van der Waals surface area contributed by atoms with Gasteiger partial charge in [0.25, 0.3) is 0 Å². The molecule has 0 aliphatic heterocycles. The average Bonchev–Trinajstić information content (AvgIpc) is 2.42. The molecule has 0 aromatic heterocycles. The van der Waals surface area contributed by atoms with Crippen molar-refractivity contribution in [3.8, 4) is 5.75 Å². The predicted octanol–water partition coefficient (Wildman–Crippen LogP) is 2.92. The van der Waals surface area contributed by atoms with Crippen molar-refractivity contribution >= 4 is 21.8 Å². The number of nitrogens with one attached hydrogen (secondary N) is 1. The molecule has 0 fully saturated rings. The van der Waals surface area contributed by atoms with Crippen molar-refractivity contribution in [1.29, 1.82) is 0 Å². The second kappa shape index (κ2) is 8.14. The second-order valence-electron chi connectivity index (χ2n) is 4.16. The van der Waals surface area contributed by atoms with Gasteiger partial charge in [-0.25, -0.2) is 0 Å². The zero-order chi connectivity index (χ0) is 13.4. The van der Waals surface area contributed by atoms with E-state index in [1.54, 1.807) is 7.11 Å². The summed E-state index contributed by atoms with van der Waals surface area (Å²) >= 11 is 3.49. The molecule has 0 aliphatic rings. The number of carbonyl (C=O) groups excluding carboxylic acids is 1. The van der Waals surface area contributed by atoms with Crippen molar-refractivity contribution in [1.82, 2.24) is 5.32 Å². The third kappa shape index (κ3) is 5.54. The van der Waals surface area contributed by atoms with Crippen molar-refractivity contribution in [2.75, 3.05) is 13.7 Å². The molecule has 0 saturated heterocycles. The van der Waals surface area contributed by atoms with Crippen molar-refractivity contribution in [2.45, 2.75) is 31.0 Å². The van der Waals surface area contributed by atoms with Gasteiger partial charge >= 0.3 is 0 Å². The molecular weight excluding hydrogens is 294 g/mol. The minimum atomic E-state index is 0.101. The van der Waals surface area contributed by atoms with Gasteiger partial charge < -0.3 is 10.1 Å². The Morgan fingerprint density at radius 3 is 2.61 bits per heavy atom. The SMILES string of the molecule is CCC(Br)CNC(=O)CCc1ccc(OC)cc1. The molecule has 1 rings (SSSR count). The van der Waals surface area contributed by atoms with Gasteiger partial charge in [-0.05, 0) is 30.5 Å². The highest BCUT2D eigenvalue weighted by atomic mass is 79.9. The Kier molecular flexibility index (Phi) is 6.80. The van der Waals surface area contributed by atoms with Crippen LogP contribution in [-0.4, -0.2) is 24.4 Å². The van der Waals surface area contributed by atoms with Crippen LogP contribution in [0.2, 0.25) is 0 Å². The summed E-state index contributed by atoms with van der Waals surface area (Å²) < 4.78 is 5.09. The minimum absolute atomic E-state index is 0.101. The molecule has 0 radical (unpaired) electrons. The lowest BCUT2D eigenvalue weighted by molar-refractivity contribution is -0.121. The van der Waals surface area contributed by atoms with Gasteiger partial charge in [-0.15, -0.1) is 0 Å². The molecule has 0 saturated carbocycles. The molecule has 3 nitrogen and oxygen atoms in total. The van der Waals surface area contributed by atoms with E-state index in [1.807, 2.05) is 24.3 Å². The van der Waals surface area contributed by atoms with Crippen LogP contribution in [0.1, 0.15) is 25.3 Å². The lowest BCUT2D eigenvalue weighted by Gasteiger charge is -2.09. The van der Waals surface area contributed by atoms with Gasteiger partial charge in [0.15, 0.2) is 0 Å². The highest BCUT2D eigenvalue weighted by Crippen LogP contribution is 2.12. The van der Waals surface area contributed by atoms with E-state index in [9.17, 15) is 4.79 Å². The van der Waals surface area contributed by atoms with E-state index in [0.29, 0.717) is 17.8 Å². The first-order chi connectivity index (χ1) is 8.65. The van der Waals surface area contributed by atoms with Crippen LogP contribution in [0.15, 0.2) is 24.3 Å². The highest BCUT2D eigenvalue weighted by molar-refractivity contribution is 9.09. The first-order valence-corrected chi connectivity index (χ1v) is 7.11. The number of hydrogen-bond acceptors (Lipinski definition) is 2. The molecule has 1 aromatic carbocycles. The second-order valence-corrected chi connectivity index (χ2v) is 5.45. The standard InChI is InChI=1S/C14H20BrNO2/c1-3-12(15)10-16-14(17)9-6-11-4-7-13(18-2)8-5-11/h4-5,7-8,12H,3,6,9-10H2,1-2H3,(H,16,17). The number of methoxy groups -OCH3 is 1. The zero-order valence-electron chi connectivity index (χ0n) is 10.9. The summed E-state index contributed by atoms with van der Waals surface area (Å²) in [6.45, 7) is 2.78. The fraction of sp³-hybridized carbons (Fsp3) is 0.500. The first-order valence-electron chi connectivity index (χ1n) is 6.19. The van der Waals surface area contributed by atoms with Crippen molar-refractivity contribution in [3.63, 3.8) is 0 Å². The fourth-order valence-corrected chi connectivity index (χ4v) is 1.67. The zero-order valence-corrected chi connectivity index (χ0v) is 12.5. The minimum Gasteiger partial charge on any atom is -0.497 e. The molecule has 0 spiro atoms. The van der Waals surface area contributed by atoms with Crippen LogP contribution in [0.4, 0.5) is 0 Å². The third-order valence-corrected chi connectivity index (χ3v) is 3.73. The van der Waals surface area contributed by atoms with Gasteiger partial charge in [-0.3, -0.25) is 4.79 Å². The maximum Gasteiger partial charge on any atom is 0.220 e. The van der Waals surface area contributed by atoms with E-state index >= 15 is 0 Å². The number of benzene rings is 1. The maximum atomic E-state index is 11.6. The van der Waals surface area contributed by atoms with Crippen molar-refractivity contribution in [2.24, 2.45) is 0 Å². The Hall–Kier alpha value is -1.03. The van der Waals surface area contributed by atoms with Crippen LogP contribution in [0.3, 0.4) is 0 Å². The van der Waals surface area contributed by atoms with Crippen LogP contribution in [0.5, 0.6) is 5.75 Å². The van der Waals surface area contributed by atoms with Crippen LogP contribution < -0.4 is 10.1 Å².